The fraction of sp³-hybridized carbons (Fsp3) is 0.217. The molecular formula is C23H23FN4O3. The first-order chi connectivity index (χ1) is 14.7. The second-order valence-electron chi connectivity index (χ2n) is 7.49. The fourth-order valence-corrected chi connectivity index (χ4v) is 2.87. The molecule has 0 aliphatic heterocycles. The van der Waals surface area contributed by atoms with E-state index in [4.69, 9.17) is 0 Å². The standard InChI is InChI=1S/C23H23FN4O3/c1-13(2)22(30)25-16-10-9-14(3)18(12-16)26-23(31)21-20(29)11-15(4)28(27-21)19-8-6-5-7-17(19)24/h5-13H,1-4H3,(H,25,30)(H,26,31). The van der Waals surface area contributed by atoms with E-state index < -0.39 is 17.2 Å². The Balaban J connectivity index is 1.94. The number of para-hydroxylation sites is 1. The predicted molar refractivity (Wildman–Crippen MR) is 117 cm³/mol. The lowest BCUT2D eigenvalue weighted by atomic mass is 10.1. The summed E-state index contributed by atoms with van der Waals surface area (Å²) < 4.78 is 15.4. The van der Waals surface area contributed by atoms with E-state index in [0.29, 0.717) is 17.1 Å². The molecule has 0 aliphatic rings. The third-order valence-corrected chi connectivity index (χ3v) is 4.68. The van der Waals surface area contributed by atoms with Gasteiger partial charge in [-0.25, -0.2) is 9.07 Å². The van der Waals surface area contributed by atoms with Gasteiger partial charge in [-0.3, -0.25) is 14.4 Å². The van der Waals surface area contributed by atoms with E-state index in [1.807, 2.05) is 0 Å². The van der Waals surface area contributed by atoms with Crippen molar-refractivity contribution in [2.75, 3.05) is 10.6 Å². The summed E-state index contributed by atoms with van der Waals surface area (Å²) >= 11 is 0. The molecule has 2 amide bonds. The van der Waals surface area contributed by atoms with E-state index in [-0.39, 0.29) is 23.2 Å². The number of amides is 2. The van der Waals surface area contributed by atoms with E-state index in [2.05, 4.69) is 15.7 Å². The maximum atomic E-state index is 14.2. The van der Waals surface area contributed by atoms with E-state index >= 15 is 0 Å². The van der Waals surface area contributed by atoms with Gasteiger partial charge in [-0.15, -0.1) is 0 Å². The van der Waals surface area contributed by atoms with Gasteiger partial charge in [0.1, 0.15) is 11.5 Å². The summed E-state index contributed by atoms with van der Waals surface area (Å²) in [6.07, 6.45) is 0. The van der Waals surface area contributed by atoms with Crippen molar-refractivity contribution in [3.8, 4) is 5.69 Å². The molecule has 3 aromatic rings. The van der Waals surface area contributed by atoms with Crippen molar-refractivity contribution in [1.82, 2.24) is 9.78 Å². The van der Waals surface area contributed by atoms with Gasteiger partial charge in [0.15, 0.2) is 5.69 Å². The first-order valence-corrected chi connectivity index (χ1v) is 9.76. The first-order valence-electron chi connectivity index (χ1n) is 9.76. The number of anilines is 2. The highest BCUT2D eigenvalue weighted by Crippen LogP contribution is 2.21. The molecule has 2 N–H and O–H groups in total. The Morgan fingerprint density at radius 3 is 2.42 bits per heavy atom. The number of halogens is 1. The monoisotopic (exact) mass is 422 g/mol. The zero-order valence-corrected chi connectivity index (χ0v) is 17.7. The highest BCUT2D eigenvalue weighted by molar-refractivity contribution is 6.03. The molecule has 0 spiro atoms. The van der Waals surface area contributed by atoms with Gasteiger partial charge < -0.3 is 10.6 Å². The zero-order valence-electron chi connectivity index (χ0n) is 17.7. The average molecular weight is 422 g/mol. The van der Waals surface area contributed by atoms with Crippen molar-refractivity contribution in [3.05, 3.63) is 81.5 Å². The minimum Gasteiger partial charge on any atom is -0.326 e. The third-order valence-electron chi connectivity index (χ3n) is 4.68. The maximum absolute atomic E-state index is 14.2. The molecule has 0 radical (unpaired) electrons. The van der Waals surface area contributed by atoms with Crippen LogP contribution in [0.4, 0.5) is 15.8 Å². The van der Waals surface area contributed by atoms with E-state index in [9.17, 15) is 18.8 Å². The molecule has 0 fully saturated rings. The molecule has 160 valence electrons. The second kappa shape index (κ2) is 8.91. The lowest BCUT2D eigenvalue weighted by Crippen LogP contribution is -2.27. The number of rotatable bonds is 5. The Hall–Kier alpha value is -3.81. The quantitative estimate of drug-likeness (QED) is 0.653. The molecular weight excluding hydrogens is 399 g/mol. The number of hydrogen-bond donors (Lipinski definition) is 2. The van der Waals surface area contributed by atoms with Crippen molar-refractivity contribution < 1.29 is 14.0 Å². The van der Waals surface area contributed by atoms with Crippen LogP contribution in [0.5, 0.6) is 0 Å². The summed E-state index contributed by atoms with van der Waals surface area (Å²) in [4.78, 5) is 37.2. The summed E-state index contributed by atoms with van der Waals surface area (Å²) in [6.45, 7) is 6.93. The number of carbonyl (C=O) groups excluding carboxylic acids is 2. The topological polar surface area (TPSA) is 93.1 Å². The lowest BCUT2D eigenvalue weighted by Gasteiger charge is -2.14. The van der Waals surface area contributed by atoms with Gasteiger partial charge in [-0.05, 0) is 43.7 Å². The Kier molecular flexibility index (Phi) is 6.29. The molecule has 0 unspecified atom stereocenters. The van der Waals surface area contributed by atoms with E-state index in [1.54, 1.807) is 52.0 Å². The first kappa shape index (κ1) is 21.9. The summed E-state index contributed by atoms with van der Waals surface area (Å²) in [7, 11) is 0. The Labute approximate surface area is 178 Å². The van der Waals surface area contributed by atoms with Gasteiger partial charge in [-0.1, -0.05) is 32.0 Å². The van der Waals surface area contributed by atoms with Crippen LogP contribution in [-0.2, 0) is 4.79 Å². The largest absolute Gasteiger partial charge is 0.326 e. The highest BCUT2D eigenvalue weighted by atomic mass is 19.1. The predicted octanol–water partition coefficient (Wildman–Crippen LogP) is 3.84. The second-order valence-corrected chi connectivity index (χ2v) is 7.49. The summed E-state index contributed by atoms with van der Waals surface area (Å²) in [5, 5.41) is 9.53. The minimum atomic E-state index is -0.731. The van der Waals surface area contributed by atoms with Crippen molar-refractivity contribution in [1.29, 1.82) is 0 Å². The van der Waals surface area contributed by atoms with Crippen molar-refractivity contribution in [2.24, 2.45) is 5.92 Å². The zero-order chi connectivity index (χ0) is 22.7. The molecule has 31 heavy (non-hydrogen) atoms. The number of aromatic nitrogens is 2. The molecule has 0 aliphatic carbocycles. The number of carbonyl (C=O) groups is 2. The van der Waals surface area contributed by atoms with Gasteiger partial charge in [0, 0.05) is 29.1 Å². The van der Waals surface area contributed by atoms with Crippen LogP contribution in [0.25, 0.3) is 5.69 Å². The van der Waals surface area contributed by atoms with Crippen LogP contribution in [0.2, 0.25) is 0 Å². The van der Waals surface area contributed by atoms with Crippen LogP contribution in [0.1, 0.15) is 35.6 Å². The van der Waals surface area contributed by atoms with Crippen molar-refractivity contribution in [2.45, 2.75) is 27.7 Å². The summed E-state index contributed by atoms with van der Waals surface area (Å²) in [5.74, 6) is -1.62. The van der Waals surface area contributed by atoms with Crippen LogP contribution >= 0.6 is 0 Å². The SMILES string of the molecule is Cc1ccc(NC(=O)C(C)C)cc1NC(=O)c1nn(-c2ccccc2F)c(C)cc1=O. The van der Waals surface area contributed by atoms with Crippen molar-refractivity contribution in [3.63, 3.8) is 0 Å². The molecule has 7 nitrogen and oxygen atoms in total. The average Bonchev–Trinajstić information content (AvgIpc) is 2.71. The summed E-state index contributed by atoms with van der Waals surface area (Å²) in [5.41, 5.74) is 1.24. The summed E-state index contributed by atoms with van der Waals surface area (Å²) in [6, 6.07) is 12.3. The normalized spacial score (nSPS) is 10.8. The smallest absolute Gasteiger partial charge is 0.280 e. The molecule has 1 aromatic heterocycles. The molecule has 0 saturated carbocycles. The van der Waals surface area contributed by atoms with Gasteiger partial charge in [0.05, 0.1) is 0 Å². The van der Waals surface area contributed by atoms with Crippen LogP contribution in [0.15, 0.2) is 53.3 Å². The molecule has 2 aromatic carbocycles. The van der Waals surface area contributed by atoms with E-state index in [1.165, 1.54) is 28.9 Å². The molecule has 8 heteroatoms. The van der Waals surface area contributed by atoms with E-state index in [0.717, 1.165) is 5.56 Å². The third kappa shape index (κ3) is 4.85. The van der Waals surface area contributed by atoms with Crippen LogP contribution in [-0.4, -0.2) is 21.6 Å². The number of nitrogens with zero attached hydrogens (tertiary/aromatic N) is 2. The Morgan fingerprint density at radius 2 is 1.74 bits per heavy atom. The van der Waals surface area contributed by atoms with Crippen LogP contribution < -0.4 is 16.1 Å². The van der Waals surface area contributed by atoms with Crippen molar-refractivity contribution >= 4 is 23.2 Å². The molecule has 3 rings (SSSR count). The molecule has 1 heterocycles. The maximum Gasteiger partial charge on any atom is 0.280 e. The van der Waals surface area contributed by atoms with Gasteiger partial charge >= 0.3 is 0 Å². The van der Waals surface area contributed by atoms with Crippen LogP contribution in [0.3, 0.4) is 0 Å². The molecule has 0 atom stereocenters. The number of aryl methyl sites for hydroxylation is 2. The number of nitrogens with one attached hydrogen (secondary N) is 2. The number of benzene rings is 2. The fourth-order valence-electron chi connectivity index (χ4n) is 2.87. The number of hydrogen-bond acceptors (Lipinski definition) is 4. The Bertz CT molecular complexity index is 1220. The molecule has 0 saturated heterocycles. The minimum absolute atomic E-state index is 0.128. The highest BCUT2D eigenvalue weighted by Gasteiger charge is 2.18. The molecule has 0 bridgehead atoms. The van der Waals surface area contributed by atoms with Gasteiger partial charge in [0.2, 0.25) is 11.3 Å². The lowest BCUT2D eigenvalue weighted by molar-refractivity contribution is -0.118. The van der Waals surface area contributed by atoms with Gasteiger partial charge in [0.25, 0.3) is 5.91 Å². The Morgan fingerprint density at radius 1 is 1.03 bits per heavy atom. The van der Waals surface area contributed by atoms with Gasteiger partial charge in [-0.2, -0.15) is 5.10 Å². The van der Waals surface area contributed by atoms with Crippen LogP contribution in [0, 0.1) is 25.6 Å².